The highest BCUT2D eigenvalue weighted by Gasteiger charge is 2.38. The Bertz CT molecular complexity index is 3190. The van der Waals surface area contributed by atoms with Crippen molar-refractivity contribution in [3.8, 4) is 0 Å². The third-order valence-corrected chi connectivity index (χ3v) is 12.0. The summed E-state index contributed by atoms with van der Waals surface area (Å²) in [6, 6.07) is 5.45. The Kier molecular flexibility index (Phi) is 14.3. The van der Waals surface area contributed by atoms with Crippen LogP contribution in [0.1, 0.15) is 120 Å². The highest BCUT2D eigenvalue weighted by molar-refractivity contribution is 6.56. The predicted octanol–water partition coefficient (Wildman–Crippen LogP) is 3.56. The minimum absolute atomic E-state index is 0.00500. The van der Waals surface area contributed by atoms with Crippen LogP contribution in [0.15, 0.2) is 46.0 Å². The van der Waals surface area contributed by atoms with Crippen molar-refractivity contribution < 1.29 is 57.5 Å². The largest absolute Gasteiger partial charge is 0.301 e. The van der Waals surface area contributed by atoms with Crippen LogP contribution in [0.3, 0.4) is 0 Å². The van der Waals surface area contributed by atoms with Crippen molar-refractivity contribution in [2.75, 3.05) is 0 Å². The van der Waals surface area contributed by atoms with Crippen molar-refractivity contribution in [3.63, 3.8) is 0 Å². The molecule has 1 heterocycles. The third-order valence-electron chi connectivity index (χ3n) is 12.0. The summed E-state index contributed by atoms with van der Waals surface area (Å²) in [4.78, 5) is 191. The maximum atomic E-state index is 15.0. The molecule has 0 spiro atoms. The number of carbonyl (C=O) groups is 12. The molecule has 344 valence electrons. The Morgan fingerprint density at radius 3 is 1.30 bits per heavy atom. The molecule has 0 unspecified atom stereocenters. The van der Waals surface area contributed by atoms with Gasteiger partial charge in [-0.05, 0) is 70.8 Å². The van der Waals surface area contributed by atoms with Crippen molar-refractivity contribution in [1.29, 1.82) is 0 Å². The molecule has 1 aromatic heterocycles. The average Bonchev–Trinajstić information content (AvgIpc) is 3.61. The van der Waals surface area contributed by atoms with Gasteiger partial charge >= 0.3 is 11.8 Å². The van der Waals surface area contributed by atoms with Gasteiger partial charge < -0.3 is 0 Å². The van der Waals surface area contributed by atoms with Crippen LogP contribution in [0, 0.1) is 0 Å². The van der Waals surface area contributed by atoms with Crippen LogP contribution in [0.5, 0.6) is 0 Å². The van der Waals surface area contributed by atoms with E-state index in [0.29, 0.717) is 43.4 Å². The molecule has 0 saturated carbocycles. The zero-order valence-corrected chi connectivity index (χ0v) is 36.7. The molecule has 0 aliphatic heterocycles. The van der Waals surface area contributed by atoms with Gasteiger partial charge in [0.15, 0.2) is 0 Å². The SMILES string of the molecule is CCCC(CCC)N(C=O)C(=O)C(=O)c1ccc2c3ccc(C(=O)C(=O)NC=O)c4c(C(=O)C(=O)NC=O)ccc(c43)c3c4c(=O)[nH]c(=O)c4c(C(=O)C(=O)N(C=O)C(CCC)CCC)c1c23. The van der Waals surface area contributed by atoms with Gasteiger partial charge in [-0.1, -0.05) is 71.6 Å². The summed E-state index contributed by atoms with van der Waals surface area (Å²) in [5.41, 5.74) is -4.83. The second-order valence-corrected chi connectivity index (χ2v) is 15.9. The molecule has 0 atom stereocenters. The number of amides is 8. The number of aromatic amines is 1. The van der Waals surface area contributed by atoms with Crippen molar-refractivity contribution in [3.05, 3.63) is 79.4 Å². The third kappa shape index (κ3) is 8.12. The van der Waals surface area contributed by atoms with Gasteiger partial charge in [0.1, 0.15) is 0 Å². The first-order valence-corrected chi connectivity index (χ1v) is 21.5. The molecule has 0 saturated heterocycles. The summed E-state index contributed by atoms with van der Waals surface area (Å²) in [5.74, 6) is -11.3. The fourth-order valence-corrected chi connectivity index (χ4v) is 9.24. The monoisotopic (exact) mass is 913 g/mol. The first-order chi connectivity index (χ1) is 32.1. The lowest BCUT2D eigenvalue weighted by Crippen LogP contribution is -2.44. The van der Waals surface area contributed by atoms with Gasteiger partial charge in [-0.2, -0.15) is 0 Å². The summed E-state index contributed by atoms with van der Waals surface area (Å²) in [6.45, 7) is 7.23. The van der Waals surface area contributed by atoms with Crippen LogP contribution in [0.25, 0.3) is 53.9 Å². The standard InChI is InChI=1S/C48H43N5O14/c1-5-9-23(10-6-2)52(21-56)47(66)41(60)30-17-14-26-25-13-16-28(39(58)45(64)49-19-54)32-29(40(59)46(65)50-20-55)18-15-27(31(25)32)34-33(26)35(30)36(38-37(34)43(62)51-44(38)63)42(61)48(67)53(22-57)24(11-7-3)12-8-4/h13-24H,5-12H2,1-4H3,(H,49,54,64)(H,50,55,65)(H,51,62,63). The van der Waals surface area contributed by atoms with E-state index in [1.165, 1.54) is 18.2 Å². The summed E-state index contributed by atoms with van der Waals surface area (Å²) in [6.07, 6.45) is 3.49. The number of imide groups is 4. The smallest absolute Gasteiger partial charge is 0.292 e. The zero-order chi connectivity index (χ0) is 49.0. The molecule has 0 aliphatic carbocycles. The summed E-state index contributed by atoms with van der Waals surface area (Å²) < 4.78 is 0. The lowest BCUT2D eigenvalue weighted by Gasteiger charge is -2.27. The van der Waals surface area contributed by atoms with Crippen LogP contribution >= 0.6 is 0 Å². The van der Waals surface area contributed by atoms with Crippen LogP contribution < -0.4 is 21.8 Å². The number of nitrogens with one attached hydrogen (secondary N) is 3. The highest BCUT2D eigenvalue weighted by atomic mass is 16.2. The lowest BCUT2D eigenvalue weighted by atomic mass is 9.80. The molecule has 5 aromatic carbocycles. The average molecular weight is 914 g/mol. The molecule has 19 nitrogen and oxygen atoms in total. The quantitative estimate of drug-likeness (QED) is 0.0289. The number of rotatable bonds is 22. The van der Waals surface area contributed by atoms with Gasteiger partial charge in [0.05, 0.1) is 10.8 Å². The molecule has 3 N–H and O–H groups in total. The fraction of sp³-hybridized carbons (Fsp3) is 0.292. The Hall–Kier alpha value is -8.22. The number of hydrogen-bond donors (Lipinski definition) is 3. The van der Waals surface area contributed by atoms with Crippen molar-refractivity contribution >= 4 is 126 Å². The van der Waals surface area contributed by atoms with E-state index < -0.39 is 114 Å². The fourth-order valence-electron chi connectivity index (χ4n) is 9.24. The van der Waals surface area contributed by atoms with E-state index in [1.807, 2.05) is 13.8 Å². The van der Waals surface area contributed by atoms with Crippen LogP contribution in [-0.2, 0) is 38.4 Å². The number of ketones is 4. The number of fused-ring (bicyclic) bond motifs is 4. The Morgan fingerprint density at radius 2 is 0.866 bits per heavy atom. The van der Waals surface area contributed by atoms with E-state index in [1.54, 1.807) is 24.5 Å². The van der Waals surface area contributed by atoms with Gasteiger partial charge in [-0.3, -0.25) is 92.5 Å². The number of nitrogens with zero attached hydrogens (tertiary/aromatic N) is 2. The Labute approximate surface area is 378 Å². The second-order valence-electron chi connectivity index (χ2n) is 15.9. The van der Waals surface area contributed by atoms with Gasteiger partial charge in [0.2, 0.25) is 25.6 Å². The zero-order valence-electron chi connectivity index (χ0n) is 36.7. The van der Waals surface area contributed by atoms with Crippen molar-refractivity contribution in [2.24, 2.45) is 0 Å². The predicted molar refractivity (Wildman–Crippen MR) is 242 cm³/mol. The molecule has 0 bridgehead atoms. The molecular weight excluding hydrogens is 871 g/mol. The lowest BCUT2D eigenvalue weighted by molar-refractivity contribution is -0.139. The number of benzene rings is 5. The first kappa shape index (κ1) is 48.2. The Morgan fingerprint density at radius 1 is 0.478 bits per heavy atom. The molecule has 19 heteroatoms. The first-order valence-electron chi connectivity index (χ1n) is 21.5. The van der Waals surface area contributed by atoms with Gasteiger partial charge in [0.25, 0.3) is 46.1 Å². The molecule has 6 rings (SSSR count). The topological polar surface area (TPSA) is 285 Å². The van der Waals surface area contributed by atoms with E-state index in [4.69, 9.17) is 0 Å². The number of hydrogen-bond acceptors (Lipinski definition) is 14. The van der Waals surface area contributed by atoms with Crippen molar-refractivity contribution in [1.82, 2.24) is 25.4 Å². The van der Waals surface area contributed by atoms with Crippen LogP contribution in [-0.4, -0.2) is 99.3 Å². The van der Waals surface area contributed by atoms with E-state index in [2.05, 4.69) is 4.98 Å². The summed E-state index contributed by atoms with van der Waals surface area (Å²) >= 11 is 0. The van der Waals surface area contributed by atoms with Crippen LogP contribution in [0.4, 0.5) is 0 Å². The molecule has 6 aromatic rings. The maximum absolute atomic E-state index is 15.0. The Balaban J connectivity index is 1.88. The van der Waals surface area contributed by atoms with Gasteiger partial charge in [-0.15, -0.1) is 0 Å². The van der Waals surface area contributed by atoms with Crippen LogP contribution in [0.2, 0.25) is 0 Å². The normalized spacial score (nSPS) is 11.4. The minimum atomic E-state index is -1.50. The number of carbonyl (C=O) groups excluding carboxylic acids is 12. The molecular formula is C48H43N5O14. The molecule has 0 radical (unpaired) electrons. The van der Waals surface area contributed by atoms with E-state index in [0.717, 1.165) is 23.1 Å². The second kappa shape index (κ2) is 19.9. The minimum Gasteiger partial charge on any atom is -0.292 e. The van der Waals surface area contributed by atoms with Gasteiger partial charge in [0, 0.05) is 50.5 Å². The number of Topliss-reactive ketones (excluding diaryl/α,β-unsaturated/α-hetero) is 4. The number of H-pyrrole nitrogens is 1. The molecule has 0 aliphatic rings. The molecule has 0 fully saturated rings. The van der Waals surface area contributed by atoms with E-state index in [9.17, 15) is 62.3 Å². The molecule has 8 amide bonds. The molecule has 67 heavy (non-hydrogen) atoms. The van der Waals surface area contributed by atoms with Crippen molar-refractivity contribution in [2.45, 2.75) is 91.1 Å². The van der Waals surface area contributed by atoms with Gasteiger partial charge in [-0.25, -0.2) is 0 Å². The van der Waals surface area contributed by atoms with E-state index in [-0.39, 0.29) is 70.8 Å². The summed E-state index contributed by atoms with van der Waals surface area (Å²) in [7, 11) is 0. The summed E-state index contributed by atoms with van der Waals surface area (Å²) in [5, 5.41) is 0.722. The number of aromatic nitrogens is 1. The highest BCUT2D eigenvalue weighted by Crippen LogP contribution is 2.47. The van der Waals surface area contributed by atoms with E-state index >= 15 is 4.79 Å². The maximum Gasteiger partial charge on any atom is 0.301 e.